The Kier molecular flexibility index (Phi) is 4.06. The number of likely N-dealkylation sites (tertiary alicyclic amines) is 1. The fraction of sp³-hybridized carbons (Fsp3) is 1.00. The summed E-state index contributed by atoms with van der Waals surface area (Å²) < 4.78 is 24.2. The van der Waals surface area contributed by atoms with Gasteiger partial charge >= 0.3 is 0 Å². The Morgan fingerprint density at radius 3 is 2.77 bits per heavy atom. The molecule has 0 amide bonds. The molecule has 1 aliphatic heterocycles. The number of nitrogens with zero attached hydrogens (tertiary/aromatic N) is 1. The van der Waals surface area contributed by atoms with E-state index in [4.69, 9.17) is 5.73 Å². The van der Waals surface area contributed by atoms with Gasteiger partial charge in [0.25, 0.3) is 0 Å². The highest BCUT2D eigenvalue weighted by Gasteiger charge is 2.23. The summed E-state index contributed by atoms with van der Waals surface area (Å²) in [7, 11) is 0. The second kappa shape index (κ2) is 4.86. The van der Waals surface area contributed by atoms with Gasteiger partial charge in [-0.25, -0.2) is 8.78 Å². The van der Waals surface area contributed by atoms with Gasteiger partial charge in [-0.05, 0) is 26.3 Å². The summed E-state index contributed by atoms with van der Waals surface area (Å²) in [4.78, 5) is 2.07. The van der Waals surface area contributed by atoms with Gasteiger partial charge in [-0.2, -0.15) is 0 Å². The van der Waals surface area contributed by atoms with E-state index in [-0.39, 0.29) is 18.5 Å². The Morgan fingerprint density at radius 1 is 1.54 bits per heavy atom. The molecule has 0 spiro atoms. The molecule has 13 heavy (non-hydrogen) atoms. The summed E-state index contributed by atoms with van der Waals surface area (Å²) in [6.07, 6.45) is -0.174. The van der Waals surface area contributed by atoms with E-state index in [0.717, 1.165) is 25.9 Å². The van der Waals surface area contributed by atoms with Crippen molar-refractivity contribution in [3.8, 4) is 0 Å². The maximum atomic E-state index is 12.1. The van der Waals surface area contributed by atoms with E-state index in [2.05, 4.69) is 4.90 Å². The van der Waals surface area contributed by atoms with Crippen molar-refractivity contribution >= 4 is 0 Å². The minimum absolute atomic E-state index is 0.0350. The summed E-state index contributed by atoms with van der Waals surface area (Å²) in [6, 6.07) is 0.139. The van der Waals surface area contributed by atoms with Gasteiger partial charge in [-0.15, -0.1) is 0 Å². The SMILES string of the molecule is CC(CC(F)F)N1CCCC(N)C1. The maximum Gasteiger partial charge on any atom is 0.240 e. The molecule has 0 aromatic heterocycles. The predicted molar refractivity (Wildman–Crippen MR) is 48.9 cm³/mol. The van der Waals surface area contributed by atoms with E-state index in [9.17, 15) is 8.78 Å². The van der Waals surface area contributed by atoms with Crippen LogP contribution in [0.3, 0.4) is 0 Å². The number of hydrogen-bond donors (Lipinski definition) is 1. The van der Waals surface area contributed by atoms with Crippen LogP contribution in [0.1, 0.15) is 26.2 Å². The van der Waals surface area contributed by atoms with Crippen LogP contribution < -0.4 is 5.73 Å². The third-order valence-electron chi connectivity index (χ3n) is 2.63. The maximum absolute atomic E-state index is 12.1. The van der Waals surface area contributed by atoms with Crippen LogP contribution in [0, 0.1) is 0 Å². The highest BCUT2D eigenvalue weighted by atomic mass is 19.3. The zero-order valence-electron chi connectivity index (χ0n) is 8.05. The monoisotopic (exact) mass is 192 g/mol. The molecule has 1 aliphatic rings. The number of hydrogen-bond acceptors (Lipinski definition) is 2. The average Bonchev–Trinajstić information content (AvgIpc) is 2.03. The minimum atomic E-state index is -2.20. The largest absolute Gasteiger partial charge is 0.327 e. The average molecular weight is 192 g/mol. The molecule has 78 valence electrons. The molecule has 2 N–H and O–H groups in total. The molecular formula is C9H18F2N2. The standard InChI is InChI=1S/C9H18F2N2/c1-7(5-9(10)11)13-4-2-3-8(12)6-13/h7-9H,2-6,12H2,1H3. The lowest BCUT2D eigenvalue weighted by Crippen LogP contribution is -2.47. The summed E-state index contributed by atoms with van der Waals surface area (Å²) in [5, 5.41) is 0. The van der Waals surface area contributed by atoms with Crippen LogP contribution in [0.25, 0.3) is 0 Å². The molecule has 1 fully saturated rings. The zero-order chi connectivity index (χ0) is 9.84. The van der Waals surface area contributed by atoms with E-state index in [0.29, 0.717) is 0 Å². The van der Waals surface area contributed by atoms with Crippen molar-refractivity contribution < 1.29 is 8.78 Å². The number of rotatable bonds is 3. The molecule has 2 atom stereocenters. The van der Waals surface area contributed by atoms with Crippen molar-refractivity contribution in [1.29, 1.82) is 0 Å². The molecule has 1 heterocycles. The van der Waals surface area contributed by atoms with Crippen LogP contribution >= 0.6 is 0 Å². The zero-order valence-corrected chi connectivity index (χ0v) is 8.05. The van der Waals surface area contributed by atoms with E-state index < -0.39 is 6.43 Å². The topological polar surface area (TPSA) is 29.3 Å². The second-order valence-corrected chi connectivity index (χ2v) is 3.87. The summed E-state index contributed by atoms with van der Waals surface area (Å²) >= 11 is 0. The van der Waals surface area contributed by atoms with Crippen LogP contribution in [0.2, 0.25) is 0 Å². The molecule has 1 rings (SSSR count). The van der Waals surface area contributed by atoms with Gasteiger partial charge in [0.1, 0.15) is 0 Å². The first-order chi connectivity index (χ1) is 6.09. The molecular weight excluding hydrogens is 174 g/mol. The molecule has 0 radical (unpaired) electrons. The van der Waals surface area contributed by atoms with Gasteiger partial charge in [0.05, 0.1) is 0 Å². The van der Waals surface area contributed by atoms with Crippen molar-refractivity contribution in [1.82, 2.24) is 4.90 Å². The molecule has 0 aromatic rings. The lowest BCUT2D eigenvalue weighted by Gasteiger charge is -2.35. The highest BCUT2D eigenvalue weighted by molar-refractivity contribution is 4.78. The Morgan fingerprint density at radius 2 is 2.23 bits per heavy atom. The molecule has 2 unspecified atom stereocenters. The van der Waals surface area contributed by atoms with Crippen molar-refractivity contribution in [2.45, 2.75) is 44.7 Å². The van der Waals surface area contributed by atoms with Crippen molar-refractivity contribution in [2.75, 3.05) is 13.1 Å². The Bertz CT molecular complexity index is 153. The smallest absolute Gasteiger partial charge is 0.240 e. The van der Waals surface area contributed by atoms with Gasteiger partial charge in [-0.3, -0.25) is 4.90 Å². The lowest BCUT2D eigenvalue weighted by molar-refractivity contribution is 0.0739. The summed E-state index contributed by atoms with van der Waals surface area (Å²) in [5.74, 6) is 0. The molecule has 1 saturated heterocycles. The van der Waals surface area contributed by atoms with Crippen LogP contribution in [-0.4, -0.2) is 36.5 Å². The number of piperidine rings is 1. The van der Waals surface area contributed by atoms with Gasteiger partial charge in [0.2, 0.25) is 6.43 Å². The van der Waals surface area contributed by atoms with Crippen molar-refractivity contribution in [3.63, 3.8) is 0 Å². The van der Waals surface area contributed by atoms with Gasteiger partial charge in [0.15, 0.2) is 0 Å². The van der Waals surface area contributed by atoms with Gasteiger partial charge in [0, 0.05) is 25.0 Å². The van der Waals surface area contributed by atoms with Crippen LogP contribution in [0.4, 0.5) is 8.78 Å². The Labute approximate surface area is 78.1 Å². The molecule has 0 saturated carbocycles. The quantitative estimate of drug-likeness (QED) is 0.733. The van der Waals surface area contributed by atoms with E-state index in [1.165, 1.54) is 0 Å². The van der Waals surface area contributed by atoms with E-state index >= 15 is 0 Å². The predicted octanol–water partition coefficient (Wildman–Crippen LogP) is 1.45. The van der Waals surface area contributed by atoms with Crippen LogP contribution in [-0.2, 0) is 0 Å². The minimum Gasteiger partial charge on any atom is -0.327 e. The van der Waals surface area contributed by atoms with Crippen molar-refractivity contribution in [2.24, 2.45) is 5.73 Å². The Balaban J connectivity index is 2.32. The molecule has 2 nitrogen and oxygen atoms in total. The Hall–Kier alpha value is -0.220. The molecule has 0 bridgehead atoms. The highest BCUT2D eigenvalue weighted by Crippen LogP contribution is 2.16. The van der Waals surface area contributed by atoms with Crippen LogP contribution in [0.5, 0.6) is 0 Å². The van der Waals surface area contributed by atoms with E-state index in [1.54, 1.807) is 0 Å². The number of halogens is 2. The van der Waals surface area contributed by atoms with Gasteiger partial charge in [-0.1, -0.05) is 0 Å². The first-order valence-corrected chi connectivity index (χ1v) is 4.87. The first kappa shape index (κ1) is 10.9. The van der Waals surface area contributed by atoms with Gasteiger partial charge < -0.3 is 5.73 Å². The summed E-state index contributed by atoms with van der Waals surface area (Å²) in [5.41, 5.74) is 5.76. The fourth-order valence-corrected chi connectivity index (χ4v) is 1.85. The lowest BCUT2D eigenvalue weighted by atomic mass is 10.0. The molecule has 0 aromatic carbocycles. The molecule has 4 heteroatoms. The van der Waals surface area contributed by atoms with Crippen LogP contribution in [0.15, 0.2) is 0 Å². The molecule has 0 aliphatic carbocycles. The fourth-order valence-electron chi connectivity index (χ4n) is 1.85. The number of alkyl halides is 2. The summed E-state index contributed by atoms with van der Waals surface area (Å²) in [6.45, 7) is 3.54. The first-order valence-electron chi connectivity index (χ1n) is 4.87. The number of nitrogens with two attached hydrogens (primary N) is 1. The van der Waals surface area contributed by atoms with Crippen molar-refractivity contribution in [3.05, 3.63) is 0 Å². The normalized spacial score (nSPS) is 27.9. The second-order valence-electron chi connectivity index (χ2n) is 3.87. The third kappa shape index (κ3) is 3.56. The van der Waals surface area contributed by atoms with E-state index in [1.807, 2.05) is 6.92 Å². The third-order valence-corrected chi connectivity index (χ3v) is 2.63.